The molecule has 0 amide bonds. The second-order valence-electron chi connectivity index (χ2n) is 7.54. The van der Waals surface area contributed by atoms with Crippen LogP contribution in [0, 0.1) is 0 Å². The van der Waals surface area contributed by atoms with Crippen molar-refractivity contribution in [1.29, 1.82) is 0 Å². The third kappa shape index (κ3) is 3.25. The number of nitrogens with zero attached hydrogens (tertiary/aromatic N) is 2. The van der Waals surface area contributed by atoms with Crippen LogP contribution >= 0.6 is 23.2 Å². The van der Waals surface area contributed by atoms with E-state index < -0.39 is 5.72 Å². The van der Waals surface area contributed by atoms with Crippen LogP contribution in [0.4, 0.5) is 0 Å². The zero-order valence-electron chi connectivity index (χ0n) is 16.2. The number of aliphatic hydroxyl groups is 1. The van der Waals surface area contributed by atoms with Crippen molar-refractivity contribution >= 4 is 29.0 Å². The van der Waals surface area contributed by atoms with Gasteiger partial charge < -0.3 is 14.7 Å². The first-order valence-electron chi connectivity index (χ1n) is 9.85. The smallest absolute Gasteiger partial charge is 0.169 e. The second-order valence-corrected chi connectivity index (χ2v) is 8.36. The molecule has 0 aromatic heterocycles. The van der Waals surface area contributed by atoms with Crippen LogP contribution in [0.2, 0.25) is 10.0 Å². The van der Waals surface area contributed by atoms with Gasteiger partial charge in [-0.05, 0) is 23.3 Å². The number of aliphatic imine (C=N–C) groups is 1. The van der Waals surface area contributed by atoms with Crippen molar-refractivity contribution < 1.29 is 9.84 Å². The molecule has 5 rings (SSSR count). The van der Waals surface area contributed by atoms with Crippen LogP contribution in [0.25, 0.3) is 0 Å². The van der Waals surface area contributed by atoms with E-state index in [9.17, 15) is 5.11 Å². The van der Waals surface area contributed by atoms with Gasteiger partial charge in [0.25, 0.3) is 0 Å². The molecule has 2 heterocycles. The fourth-order valence-corrected chi connectivity index (χ4v) is 4.70. The Morgan fingerprint density at radius 2 is 1.70 bits per heavy atom. The molecular formula is C24H20Cl2N2O2. The SMILES string of the molecule is OC1(c2ccc(COc3c(Cl)cccc3Cl)cc2)Cc2ccccc2C2=NCCN21. The van der Waals surface area contributed by atoms with Crippen LogP contribution in [0.1, 0.15) is 22.3 Å². The highest BCUT2D eigenvalue weighted by molar-refractivity contribution is 6.37. The van der Waals surface area contributed by atoms with E-state index in [4.69, 9.17) is 27.9 Å². The van der Waals surface area contributed by atoms with Crippen LogP contribution in [-0.4, -0.2) is 28.9 Å². The Morgan fingerprint density at radius 3 is 2.47 bits per heavy atom. The summed E-state index contributed by atoms with van der Waals surface area (Å²) >= 11 is 12.3. The molecule has 0 radical (unpaired) electrons. The van der Waals surface area contributed by atoms with Gasteiger partial charge in [-0.15, -0.1) is 0 Å². The topological polar surface area (TPSA) is 45.1 Å². The molecule has 1 unspecified atom stereocenters. The Labute approximate surface area is 185 Å². The van der Waals surface area contributed by atoms with E-state index in [1.807, 2.05) is 41.3 Å². The maximum Gasteiger partial charge on any atom is 0.169 e. The van der Waals surface area contributed by atoms with Crippen LogP contribution in [0.3, 0.4) is 0 Å². The Hall–Kier alpha value is -2.53. The summed E-state index contributed by atoms with van der Waals surface area (Å²) in [7, 11) is 0. The number of amidine groups is 1. The van der Waals surface area contributed by atoms with Crippen molar-refractivity contribution in [2.45, 2.75) is 18.8 Å². The molecular weight excluding hydrogens is 419 g/mol. The minimum Gasteiger partial charge on any atom is -0.486 e. The van der Waals surface area contributed by atoms with Crippen LogP contribution in [0.5, 0.6) is 5.75 Å². The standard InChI is InChI=1S/C24H20Cl2N2O2/c25-20-6-3-7-21(26)22(20)30-15-16-8-10-18(11-9-16)24(29)14-17-4-1-2-5-19(17)23-27-12-13-28(23)24/h1-11,29H,12-15H2. The van der Waals surface area contributed by atoms with Gasteiger partial charge >= 0.3 is 0 Å². The lowest BCUT2D eigenvalue weighted by molar-refractivity contribution is -0.0745. The van der Waals surface area contributed by atoms with Gasteiger partial charge in [-0.2, -0.15) is 0 Å². The lowest BCUT2D eigenvalue weighted by Crippen LogP contribution is -2.53. The average Bonchev–Trinajstić information content (AvgIpc) is 3.25. The lowest BCUT2D eigenvalue weighted by atomic mass is 9.86. The van der Waals surface area contributed by atoms with Gasteiger partial charge in [-0.3, -0.25) is 4.99 Å². The summed E-state index contributed by atoms with van der Waals surface area (Å²) in [5, 5.41) is 12.7. The Kier molecular flexibility index (Phi) is 4.94. The molecule has 3 aromatic rings. The molecule has 0 bridgehead atoms. The Bertz CT molecular complexity index is 1110. The average molecular weight is 439 g/mol. The molecule has 152 valence electrons. The maximum absolute atomic E-state index is 11.7. The number of halogens is 2. The second kappa shape index (κ2) is 7.62. The first-order chi connectivity index (χ1) is 14.6. The Morgan fingerprint density at radius 1 is 0.967 bits per heavy atom. The highest BCUT2D eigenvalue weighted by atomic mass is 35.5. The summed E-state index contributed by atoms with van der Waals surface area (Å²) in [6.07, 6.45) is 0.521. The highest BCUT2D eigenvalue weighted by Gasteiger charge is 2.44. The normalized spacial score (nSPS) is 19.8. The summed E-state index contributed by atoms with van der Waals surface area (Å²) in [5.41, 5.74) is 2.91. The molecule has 3 aromatic carbocycles. The number of para-hydroxylation sites is 1. The largest absolute Gasteiger partial charge is 0.486 e. The Balaban J connectivity index is 1.40. The first-order valence-corrected chi connectivity index (χ1v) is 10.6. The molecule has 0 saturated heterocycles. The molecule has 0 spiro atoms. The predicted molar refractivity (Wildman–Crippen MR) is 119 cm³/mol. The number of benzene rings is 3. The van der Waals surface area contributed by atoms with Crippen molar-refractivity contribution in [2.75, 3.05) is 13.1 Å². The monoisotopic (exact) mass is 438 g/mol. The number of hydrogen-bond donors (Lipinski definition) is 1. The molecule has 1 atom stereocenters. The van der Waals surface area contributed by atoms with Crippen molar-refractivity contribution in [1.82, 2.24) is 4.90 Å². The van der Waals surface area contributed by atoms with Gasteiger partial charge in [0, 0.05) is 24.1 Å². The summed E-state index contributed by atoms with van der Waals surface area (Å²) in [5.74, 6) is 1.35. The number of ether oxygens (including phenoxy) is 1. The van der Waals surface area contributed by atoms with Gasteiger partial charge in [0.05, 0.1) is 16.6 Å². The zero-order valence-corrected chi connectivity index (χ0v) is 17.7. The van der Waals surface area contributed by atoms with E-state index in [0.717, 1.165) is 28.1 Å². The van der Waals surface area contributed by atoms with Crippen LogP contribution < -0.4 is 4.74 Å². The van der Waals surface area contributed by atoms with Gasteiger partial charge in [0.1, 0.15) is 12.4 Å². The van der Waals surface area contributed by atoms with Crippen molar-refractivity contribution in [3.8, 4) is 5.75 Å². The fourth-order valence-electron chi connectivity index (χ4n) is 4.19. The first kappa shape index (κ1) is 19.4. The minimum absolute atomic E-state index is 0.335. The molecule has 0 fully saturated rings. The van der Waals surface area contributed by atoms with Crippen molar-refractivity contribution in [3.63, 3.8) is 0 Å². The molecule has 6 heteroatoms. The van der Waals surface area contributed by atoms with Crippen molar-refractivity contribution in [3.05, 3.63) is 99.0 Å². The van der Waals surface area contributed by atoms with E-state index in [2.05, 4.69) is 17.1 Å². The van der Waals surface area contributed by atoms with E-state index in [-0.39, 0.29) is 0 Å². The van der Waals surface area contributed by atoms with Crippen LogP contribution in [-0.2, 0) is 18.8 Å². The highest BCUT2D eigenvalue weighted by Crippen LogP contribution is 2.39. The summed E-state index contributed by atoms with van der Waals surface area (Å²) in [6, 6.07) is 21.3. The van der Waals surface area contributed by atoms with E-state index in [1.54, 1.807) is 18.2 Å². The molecule has 30 heavy (non-hydrogen) atoms. The third-order valence-corrected chi connectivity index (χ3v) is 6.30. The van der Waals surface area contributed by atoms with Crippen LogP contribution in [0.15, 0.2) is 71.7 Å². The third-order valence-electron chi connectivity index (χ3n) is 5.70. The lowest BCUT2D eigenvalue weighted by Gasteiger charge is -2.43. The quantitative estimate of drug-likeness (QED) is 0.620. The zero-order chi connectivity index (χ0) is 20.7. The van der Waals surface area contributed by atoms with E-state index >= 15 is 0 Å². The molecule has 0 saturated carbocycles. The summed E-state index contributed by atoms with van der Waals surface area (Å²) in [6.45, 7) is 1.73. The van der Waals surface area contributed by atoms with E-state index in [1.165, 1.54) is 0 Å². The number of rotatable bonds is 4. The van der Waals surface area contributed by atoms with Gasteiger partial charge in [-0.1, -0.05) is 77.8 Å². The number of hydrogen-bond acceptors (Lipinski definition) is 4. The van der Waals surface area contributed by atoms with Crippen molar-refractivity contribution in [2.24, 2.45) is 4.99 Å². The molecule has 2 aliphatic rings. The van der Waals surface area contributed by atoms with Gasteiger partial charge in [-0.25, -0.2) is 0 Å². The summed E-state index contributed by atoms with van der Waals surface area (Å²) in [4.78, 5) is 6.67. The minimum atomic E-state index is -1.12. The molecule has 2 aliphatic heterocycles. The molecule has 4 nitrogen and oxygen atoms in total. The van der Waals surface area contributed by atoms with Gasteiger partial charge in [0.15, 0.2) is 11.5 Å². The fraction of sp³-hybridized carbons (Fsp3) is 0.208. The molecule has 0 aliphatic carbocycles. The predicted octanol–water partition coefficient (Wildman–Crippen LogP) is 5.04. The summed E-state index contributed by atoms with van der Waals surface area (Å²) < 4.78 is 5.82. The number of fused-ring (bicyclic) bond motifs is 3. The van der Waals surface area contributed by atoms with E-state index in [0.29, 0.717) is 41.9 Å². The molecule has 1 N–H and O–H groups in total. The van der Waals surface area contributed by atoms with Gasteiger partial charge in [0.2, 0.25) is 0 Å². The maximum atomic E-state index is 11.7.